The lowest BCUT2D eigenvalue weighted by atomic mass is 10.2. The van der Waals surface area contributed by atoms with Crippen LogP contribution in [0, 0.1) is 3.57 Å². The zero-order valence-corrected chi connectivity index (χ0v) is 22.7. The van der Waals surface area contributed by atoms with Crippen LogP contribution in [0.5, 0.6) is 0 Å². The molecule has 1 aromatic rings. The van der Waals surface area contributed by atoms with E-state index in [1.807, 2.05) is 14.1 Å². The van der Waals surface area contributed by atoms with E-state index in [2.05, 4.69) is 73.0 Å². The van der Waals surface area contributed by atoms with Gasteiger partial charge in [-0.1, -0.05) is 26.8 Å². The maximum Gasteiger partial charge on any atom is 0.351 e. The Morgan fingerprint density at radius 1 is 1.45 bits per heavy atom. The van der Waals surface area contributed by atoms with Crippen molar-refractivity contribution in [3.8, 4) is 0 Å². The maximum absolute atomic E-state index is 12.7. The molecule has 0 N–H and O–H groups in total. The number of aliphatic imine (C=N–C) groups is 1. The molecule has 0 radical (unpaired) electrons. The number of nitrogens with zero attached hydrogens (tertiary/aromatic N) is 4. The van der Waals surface area contributed by atoms with Crippen LogP contribution in [-0.2, 0) is 13.9 Å². The molecule has 10 heteroatoms. The molecule has 0 bridgehead atoms. The van der Waals surface area contributed by atoms with Gasteiger partial charge >= 0.3 is 5.69 Å². The molecule has 2 heterocycles. The summed E-state index contributed by atoms with van der Waals surface area (Å²) in [6, 6.07) is 0. The Bertz CT molecular complexity index is 851. The fourth-order valence-corrected chi connectivity index (χ4v) is 4.37. The van der Waals surface area contributed by atoms with Gasteiger partial charge in [-0.25, -0.2) is 9.79 Å². The number of hydrogen-bond donors (Lipinski definition) is 0. The number of rotatable bonds is 9. The largest absolute Gasteiger partial charge is 0.414 e. The summed E-state index contributed by atoms with van der Waals surface area (Å²) in [5, 5.41) is 0.0996. The summed E-state index contributed by atoms with van der Waals surface area (Å²) in [5.41, 5.74) is -0.398. The van der Waals surface area contributed by atoms with Crippen LogP contribution in [0.15, 0.2) is 28.6 Å². The van der Waals surface area contributed by atoms with Crippen molar-refractivity contribution in [3.05, 3.63) is 32.9 Å². The molecule has 31 heavy (non-hydrogen) atoms. The topological polar surface area (TPSA) is 78.2 Å². The van der Waals surface area contributed by atoms with Gasteiger partial charge in [0.05, 0.1) is 29.2 Å². The summed E-state index contributed by atoms with van der Waals surface area (Å²) in [4.78, 5) is 22.9. The summed E-state index contributed by atoms with van der Waals surface area (Å²) >= 11 is 2.13. The second-order valence-corrected chi connectivity index (χ2v) is 15.4. The summed E-state index contributed by atoms with van der Waals surface area (Å²) in [7, 11) is 1.78. The summed E-state index contributed by atoms with van der Waals surface area (Å²) < 4.78 is 20.9. The first-order valence-corrected chi connectivity index (χ1v) is 14.4. The highest BCUT2D eigenvalue weighted by atomic mass is 127. The van der Waals surface area contributed by atoms with E-state index in [-0.39, 0.29) is 17.2 Å². The predicted octanol–water partition coefficient (Wildman–Crippen LogP) is 3.95. The normalized spacial score (nSPS) is 22.3. The van der Waals surface area contributed by atoms with Crippen molar-refractivity contribution in [2.45, 2.75) is 63.8 Å². The lowest BCUT2D eigenvalue weighted by molar-refractivity contribution is -0.0556. The molecule has 2 rings (SSSR count). The van der Waals surface area contributed by atoms with Crippen molar-refractivity contribution in [3.63, 3.8) is 0 Å². The van der Waals surface area contributed by atoms with E-state index in [9.17, 15) is 4.79 Å². The van der Waals surface area contributed by atoms with Crippen LogP contribution in [0.25, 0.3) is 0 Å². The predicted molar refractivity (Wildman–Crippen MR) is 135 cm³/mol. The number of aromatic nitrogens is 2. The van der Waals surface area contributed by atoms with E-state index < -0.39 is 20.2 Å². The third-order valence-electron chi connectivity index (χ3n) is 5.63. The number of ether oxygens (including phenoxy) is 2. The molecule has 174 valence electrons. The van der Waals surface area contributed by atoms with Crippen LogP contribution in [0.4, 0.5) is 5.82 Å². The Morgan fingerprint density at radius 3 is 2.71 bits per heavy atom. The van der Waals surface area contributed by atoms with E-state index in [1.54, 1.807) is 23.5 Å². The maximum atomic E-state index is 12.7. The molecule has 0 saturated carbocycles. The van der Waals surface area contributed by atoms with Crippen LogP contribution < -0.4 is 5.69 Å². The Morgan fingerprint density at radius 2 is 2.13 bits per heavy atom. The Balaban J connectivity index is 2.22. The van der Waals surface area contributed by atoms with Crippen molar-refractivity contribution in [2.75, 3.05) is 27.3 Å². The molecule has 3 atom stereocenters. The molecule has 0 unspecified atom stereocenters. The molecule has 1 saturated heterocycles. The highest BCUT2D eigenvalue weighted by Gasteiger charge is 2.42. The van der Waals surface area contributed by atoms with Gasteiger partial charge in [0.2, 0.25) is 0 Å². The van der Waals surface area contributed by atoms with Crippen LogP contribution in [0.2, 0.25) is 18.1 Å². The lowest BCUT2D eigenvalue weighted by Crippen LogP contribution is -2.44. The summed E-state index contributed by atoms with van der Waals surface area (Å²) in [6.45, 7) is 15.6. The second-order valence-electron chi connectivity index (χ2n) is 9.41. The fraction of sp³-hybridized carbons (Fsp3) is 0.667. The average Bonchev–Trinajstić information content (AvgIpc) is 3.07. The number of halogens is 1. The third-order valence-corrected chi connectivity index (χ3v) is 10.9. The molecule has 0 spiro atoms. The van der Waals surface area contributed by atoms with Crippen LogP contribution in [-0.4, -0.2) is 68.6 Å². The highest BCUT2D eigenvalue weighted by molar-refractivity contribution is 14.1. The molecular formula is C21H35IN4O4Si. The SMILES string of the molecule is C=CCO[C@@H]1C[C@H](n2cc(I)c(N=CN(C)C)nc2=O)O[C@@H]1CO[Si](C)(C)C(C)(C)C. The van der Waals surface area contributed by atoms with E-state index in [4.69, 9.17) is 13.9 Å². The zero-order chi connectivity index (χ0) is 23.4. The van der Waals surface area contributed by atoms with Crippen molar-refractivity contribution in [2.24, 2.45) is 4.99 Å². The van der Waals surface area contributed by atoms with E-state index in [1.165, 1.54) is 4.57 Å². The zero-order valence-electron chi connectivity index (χ0n) is 19.6. The Labute approximate surface area is 200 Å². The van der Waals surface area contributed by atoms with Gasteiger partial charge in [0.15, 0.2) is 14.1 Å². The van der Waals surface area contributed by atoms with Crippen LogP contribution in [0.3, 0.4) is 0 Å². The summed E-state index contributed by atoms with van der Waals surface area (Å²) in [5.74, 6) is 0.394. The van der Waals surface area contributed by atoms with Gasteiger partial charge in [-0.2, -0.15) is 4.98 Å². The summed E-state index contributed by atoms with van der Waals surface area (Å²) in [6.07, 6.45) is 4.69. The minimum absolute atomic E-state index is 0.0996. The van der Waals surface area contributed by atoms with Gasteiger partial charge < -0.3 is 18.8 Å². The quantitative estimate of drug-likeness (QED) is 0.149. The van der Waals surface area contributed by atoms with Gasteiger partial charge in [-0.05, 0) is 40.7 Å². The van der Waals surface area contributed by atoms with Crippen molar-refractivity contribution in [1.29, 1.82) is 0 Å². The molecule has 8 nitrogen and oxygen atoms in total. The first kappa shape index (κ1) is 26.2. The number of hydrogen-bond acceptors (Lipinski definition) is 6. The Hall–Kier alpha value is -1.08. The molecule has 1 aliphatic heterocycles. The van der Waals surface area contributed by atoms with Gasteiger partial charge in [-0.15, -0.1) is 6.58 Å². The molecule has 0 aliphatic carbocycles. The van der Waals surface area contributed by atoms with Gasteiger partial charge in [0.25, 0.3) is 0 Å². The minimum Gasteiger partial charge on any atom is -0.414 e. The van der Waals surface area contributed by atoms with E-state index in [0.717, 1.165) is 3.57 Å². The molecule has 0 amide bonds. The first-order valence-electron chi connectivity index (χ1n) is 10.4. The molecular weight excluding hydrogens is 527 g/mol. The molecule has 1 aliphatic rings. The van der Waals surface area contributed by atoms with Crippen molar-refractivity contribution < 1.29 is 13.9 Å². The van der Waals surface area contributed by atoms with Crippen LogP contribution >= 0.6 is 22.6 Å². The van der Waals surface area contributed by atoms with Gasteiger partial charge in [0, 0.05) is 26.7 Å². The van der Waals surface area contributed by atoms with Crippen molar-refractivity contribution in [1.82, 2.24) is 14.5 Å². The molecule has 1 aromatic heterocycles. The van der Waals surface area contributed by atoms with Gasteiger partial charge in [0.1, 0.15) is 12.3 Å². The highest BCUT2D eigenvalue weighted by Crippen LogP contribution is 2.38. The third kappa shape index (κ3) is 6.95. The lowest BCUT2D eigenvalue weighted by Gasteiger charge is -2.37. The average molecular weight is 563 g/mol. The fourth-order valence-electron chi connectivity index (χ4n) is 2.80. The monoisotopic (exact) mass is 562 g/mol. The standard InChI is InChI=1S/C21H35IN4O4Si/c1-9-10-28-16-11-18(30-17(16)13-29-31(7,8)21(2,3)4)26-12-15(22)19(24-20(26)27)23-14-25(5)6/h9,12,14,16-18H,1,10-11,13H2,2-8H3/t16-,17-,18-/m1/s1. The Kier molecular flexibility index (Phi) is 9.02. The van der Waals surface area contributed by atoms with Crippen molar-refractivity contribution >= 4 is 43.1 Å². The smallest absolute Gasteiger partial charge is 0.351 e. The van der Waals surface area contributed by atoms with Gasteiger partial charge in [-0.3, -0.25) is 4.57 Å². The minimum atomic E-state index is -1.94. The first-order chi connectivity index (χ1) is 14.4. The van der Waals surface area contributed by atoms with E-state index >= 15 is 0 Å². The van der Waals surface area contributed by atoms with Crippen LogP contribution in [0.1, 0.15) is 33.4 Å². The second kappa shape index (κ2) is 10.7. The molecule has 0 aromatic carbocycles. The van der Waals surface area contributed by atoms with E-state index in [0.29, 0.717) is 25.5 Å². The molecule has 1 fully saturated rings.